The highest BCUT2D eigenvalue weighted by atomic mass is 16.5. The molecule has 1 heterocycles. The summed E-state index contributed by atoms with van der Waals surface area (Å²) in [4.78, 5) is 4.43. The number of hydrogen-bond acceptors (Lipinski definition) is 3. The van der Waals surface area contributed by atoms with Crippen LogP contribution in [0.3, 0.4) is 0 Å². The Kier molecular flexibility index (Phi) is 5.84. The Balaban J connectivity index is 1.76. The lowest BCUT2D eigenvalue weighted by molar-refractivity contribution is 0.130. The summed E-state index contributed by atoms with van der Waals surface area (Å²) < 4.78 is 5.97. The molecule has 1 aromatic rings. The van der Waals surface area contributed by atoms with E-state index < -0.39 is 0 Å². The van der Waals surface area contributed by atoms with Gasteiger partial charge in [0.2, 0.25) is 5.88 Å². The summed E-state index contributed by atoms with van der Waals surface area (Å²) in [7, 11) is 0. The van der Waals surface area contributed by atoms with E-state index in [9.17, 15) is 0 Å². The highest BCUT2D eigenvalue weighted by Crippen LogP contribution is 2.26. The number of nitrogens with one attached hydrogen (secondary N) is 1. The van der Waals surface area contributed by atoms with Gasteiger partial charge in [-0.1, -0.05) is 26.8 Å². The zero-order valence-electron chi connectivity index (χ0n) is 13.1. The van der Waals surface area contributed by atoms with Crippen LogP contribution in [0.5, 0.6) is 5.88 Å². The van der Waals surface area contributed by atoms with E-state index in [1.165, 1.54) is 31.2 Å². The van der Waals surface area contributed by atoms with Gasteiger partial charge >= 0.3 is 0 Å². The predicted octanol–water partition coefficient (Wildman–Crippen LogP) is 3.78. The maximum atomic E-state index is 5.97. The molecule has 1 aliphatic carbocycles. The molecule has 112 valence electrons. The van der Waals surface area contributed by atoms with Gasteiger partial charge < -0.3 is 10.1 Å². The van der Waals surface area contributed by atoms with Gasteiger partial charge in [0.25, 0.3) is 0 Å². The first kappa shape index (κ1) is 15.3. The molecule has 1 aliphatic rings. The standard InChI is InChI=1S/C17H28N2O/c1-13(2)10-18-11-15-6-9-17(19-12-15)20-16-7-4-14(3)5-8-16/h6,9,12-14,16,18H,4-5,7-8,10-11H2,1-3H3. The van der Waals surface area contributed by atoms with Crippen molar-refractivity contribution in [2.45, 2.75) is 59.1 Å². The third-order valence-corrected chi connectivity index (χ3v) is 3.93. The largest absolute Gasteiger partial charge is 0.474 e. The maximum absolute atomic E-state index is 5.97. The van der Waals surface area contributed by atoms with E-state index >= 15 is 0 Å². The van der Waals surface area contributed by atoms with Crippen LogP contribution < -0.4 is 10.1 Å². The minimum absolute atomic E-state index is 0.364. The first-order chi connectivity index (χ1) is 9.63. The summed E-state index contributed by atoms with van der Waals surface area (Å²) >= 11 is 0. The molecule has 0 amide bonds. The molecule has 0 aromatic carbocycles. The van der Waals surface area contributed by atoms with Crippen LogP contribution in [-0.2, 0) is 6.54 Å². The van der Waals surface area contributed by atoms with E-state index in [0.717, 1.165) is 24.9 Å². The summed E-state index contributed by atoms with van der Waals surface area (Å²) in [6.45, 7) is 8.68. The normalized spacial score (nSPS) is 23.0. The lowest BCUT2D eigenvalue weighted by atomic mass is 9.89. The fourth-order valence-corrected chi connectivity index (χ4v) is 2.61. The number of pyridine rings is 1. The maximum Gasteiger partial charge on any atom is 0.213 e. The van der Waals surface area contributed by atoms with E-state index in [2.05, 4.69) is 37.1 Å². The molecule has 0 atom stereocenters. The van der Waals surface area contributed by atoms with Crippen molar-refractivity contribution in [2.75, 3.05) is 6.54 Å². The van der Waals surface area contributed by atoms with Gasteiger partial charge in [0.15, 0.2) is 0 Å². The molecule has 1 N–H and O–H groups in total. The predicted molar refractivity (Wildman–Crippen MR) is 82.8 cm³/mol. The molecule has 1 aromatic heterocycles. The van der Waals surface area contributed by atoms with Crippen molar-refractivity contribution in [2.24, 2.45) is 11.8 Å². The van der Waals surface area contributed by atoms with Gasteiger partial charge in [0.05, 0.1) is 0 Å². The third kappa shape index (κ3) is 5.12. The number of aromatic nitrogens is 1. The first-order valence-electron chi connectivity index (χ1n) is 7.95. The van der Waals surface area contributed by atoms with Crippen molar-refractivity contribution in [1.82, 2.24) is 10.3 Å². The van der Waals surface area contributed by atoms with Crippen molar-refractivity contribution in [1.29, 1.82) is 0 Å². The molecule has 0 radical (unpaired) electrons. The molecule has 1 fully saturated rings. The van der Waals surface area contributed by atoms with Gasteiger partial charge in [0, 0.05) is 18.8 Å². The summed E-state index contributed by atoms with van der Waals surface area (Å²) in [5, 5.41) is 3.43. The van der Waals surface area contributed by atoms with Crippen LogP contribution in [0.15, 0.2) is 18.3 Å². The van der Waals surface area contributed by atoms with Gasteiger partial charge in [-0.25, -0.2) is 4.98 Å². The molecular formula is C17H28N2O. The second kappa shape index (κ2) is 7.63. The summed E-state index contributed by atoms with van der Waals surface area (Å²) in [6.07, 6.45) is 7.18. The molecule has 0 unspecified atom stereocenters. The average Bonchev–Trinajstić information content (AvgIpc) is 2.43. The topological polar surface area (TPSA) is 34.1 Å². The Labute approximate surface area is 123 Å². The van der Waals surface area contributed by atoms with Gasteiger partial charge in [-0.2, -0.15) is 0 Å². The minimum Gasteiger partial charge on any atom is -0.474 e. The molecule has 0 bridgehead atoms. The monoisotopic (exact) mass is 276 g/mol. The minimum atomic E-state index is 0.364. The highest BCUT2D eigenvalue weighted by Gasteiger charge is 2.19. The van der Waals surface area contributed by atoms with Gasteiger partial charge in [-0.3, -0.25) is 0 Å². The van der Waals surface area contributed by atoms with E-state index in [4.69, 9.17) is 4.74 Å². The lowest BCUT2D eigenvalue weighted by Crippen LogP contribution is -2.23. The van der Waals surface area contributed by atoms with Crippen molar-refractivity contribution in [3.63, 3.8) is 0 Å². The van der Waals surface area contributed by atoms with Crippen LogP contribution in [0.4, 0.5) is 0 Å². The van der Waals surface area contributed by atoms with Crippen LogP contribution in [0.2, 0.25) is 0 Å². The Bertz CT molecular complexity index is 380. The SMILES string of the molecule is CC(C)CNCc1ccc(OC2CCC(C)CC2)nc1. The van der Waals surface area contributed by atoms with Gasteiger partial charge in [-0.05, 0) is 49.6 Å². The van der Waals surface area contributed by atoms with Crippen LogP contribution in [0.25, 0.3) is 0 Å². The fraction of sp³-hybridized carbons (Fsp3) is 0.706. The summed E-state index contributed by atoms with van der Waals surface area (Å²) in [6, 6.07) is 4.12. The van der Waals surface area contributed by atoms with Crippen LogP contribution in [0, 0.1) is 11.8 Å². The molecule has 0 saturated heterocycles. The molecule has 0 aliphatic heterocycles. The summed E-state index contributed by atoms with van der Waals surface area (Å²) in [5.74, 6) is 2.31. The number of rotatable bonds is 6. The van der Waals surface area contributed by atoms with E-state index in [1.54, 1.807) is 0 Å². The lowest BCUT2D eigenvalue weighted by Gasteiger charge is -2.26. The van der Waals surface area contributed by atoms with E-state index in [1.807, 2.05) is 12.3 Å². The second-order valence-corrected chi connectivity index (χ2v) is 6.53. The van der Waals surface area contributed by atoms with Crippen molar-refractivity contribution in [3.8, 4) is 5.88 Å². The van der Waals surface area contributed by atoms with Gasteiger partial charge in [-0.15, -0.1) is 0 Å². The smallest absolute Gasteiger partial charge is 0.213 e. The van der Waals surface area contributed by atoms with Gasteiger partial charge in [0.1, 0.15) is 6.10 Å². The average molecular weight is 276 g/mol. The van der Waals surface area contributed by atoms with E-state index in [0.29, 0.717) is 12.0 Å². The Morgan fingerprint density at radius 3 is 2.60 bits per heavy atom. The Hall–Kier alpha value is -1.09. The number of nitrogens with zero attached hydrogens (tertiary/aromatic N) is 1. The Morgan fingerprint density at radius 2 is 2.00 bits per heavy atom. The second-order valence-electron chi connectivity index (χ2n) is 6.53. The molecular weight excluding hydrogens is 248 g/mol. The molecule has 3 nitrogen and oxygen atoms in total. The zero-order chi connectivity index (χ0) is 14.4. The van der Waals surface area contributed by atoms with Crippen LogP contribution in [-0.4, -0.2) is 17.6 Å². The highest BCUT2D eigenvalue weighted by molar-refractivity contribution is 5.18. The van der Waals surface area contributed by atoms with Crippen LogP contribution in [0.1, 0.15) is 52.0 Å². The van der Waals surface area contributed by atoms with Crippen LogP contribution >= 0.6 is 0 Å². The summed E-state index contributed by atoms with van der Waals surface area (Å²) in [5.41, 5.74) is 1.22. The third-order valence-electron chi connectivity index (χ3n) is 3.93. The van der Waals surface area contributed by atoms with E-state index in [-0.39, 0.29) is 0 Å². The van der Waals surface area contributed by atoms with Crippen molar-refractivity contribution in [3.05, 3.63) is 23.9 Å². The zero-order valence-corrected chi connectivity index (χ0v) is 13.1. The molecule has 3 heteroatoms. The van der Waals surface area contributed by atoms with Crippen molar-refractivity contribution >= 4 is 0 Å². The number of ether oxygens (including phenoxy) is 1. The quantitative estimate of drug-likeness (QED) is 0.858. The molecule has 1 saturated carbocycles. The molecule has 2 rings (SSSR count). The number of hydrogen-bond donors (Lipinski definition) is 1. The Morgan fingerprint density at radius 1 is 1.25 bits per heavy atom. The van der Waals surface area contributed by atoms with Crippen molar-refractivity contribution < 1.29 is 4.74 Å². The first-order valence-corrected chi connectivity index (χ1v) is 7.95. The molecule has 0 spiro atoms. The molecule has 20 heavy (non-hydrogen) atoms. The fourth-order valence-electron chi connectivity index (χ4n) is 2.61.